The zero-order chi connectivity index (χ0) is 19.2. The van der Waals surface area contributed by atoms with Crippen molar-refractivity contribution in [2.24, 2.45) is 0 Å². The molecule has 3 rings (SSSR count). The molecule has 0 saturated heterocycles. The summed E-state index contributed by atoms with van der Waals surface area (Å²) >= 11 is 0. The summed E-state index contributed by atoms with van der Waals surface area (Å²) in [6, 6.07) is 15.1. The Bertz CT molecular complexity index is 807. The first-order valence-electron chi connectivity index (χ1n) is 9.22. The lowest BCUT2D eigenvalue weighted by molar-refractivity contribution is -0.517. The molecule has 0 aliphatic carbocycles. The van der Waals surface area contributed by atoms with E-state index in [1.54, 1.807) is 6.92 Å². The van der Waals surface area contributed by atoms with Gasteiger partial charge < -0.3 is 9.64 Å². The number of carbonyl (C=O) groups is 1. The largest absolute Gasteiger partial charge is 0.461 e. The number of nitrogens with zero attached hydrogens (tertiary/aromatic N) is 2. The highest BCUT2D eigenvalue weighted by atomic mass is 16.6. The predicted octanol–water partition coefficient (Wildman–Crippen LogP) is 3.39. The van der Waals surface area contributed by atoms with Crippen molar-refractivity contribution in [3.05, 3.63) is 75.3 Å². The van der Waals surface area contributed by atoms with Crippen LogP contribution in [0.3, 0.4) is 0 Å². The van der Waals surface area contributed by atoms with Gasteiger partial charge in [0.15, 0.2) is 0 Å². The minimum atomic E-state index is -0.583. The molecule has 1 atom stereocenters. The normalized spacial score (nSPS) is 13.9. The molecule has 0 amide bonds. The average Bonchev–Trinajstić information content (AvgIpc) is 3.07. The smallest absolute Gasteiger partial charge is 0.307 e. The third-order valence-corrected chi connectivity index (χ3v) is 4.86. The SMILES string of the molecule is CC(Cc1ccc2c(c1)CCN2CCC(=O)OCc1ccccc1)[N+](=O)[O-]. The van der Waals surface area contributed by atoms with E-state index in [4.69, 9.17) is 4.74 Å². The molecule has 142 valence electrons. The van der Waals surface area contributed by atoms with E-state index < -0.39 is 6.04 Å². The van der Waals surface area contributed by atoms with Crippen molar-refractivity contribution >= 4 is 11.7 Å². The zero-order valence-electron chi connectivity index (χ0n) is 15.5. The average molecular weight is 368 g/mol. The number of fused-ring (bicyclic) bond motifs is 1. The highest BCUT2D eigenvalue weighted by molar-refractivity contribution is 5.71. The van der Waals surface area contributed by atoms with E-state index >= 15 is 0 Å². The molecule has 1 unspecified atom stereocenters. The Labute approximate surface area is 158 Å². The number of anilines is 1. The molecular weight excluding hydrogens is 344 g/mol. The van der Waals surface area contributed by atoms with Crippen LogP contribution in [-0.2, 0) is 29.0 Å². The van der Waals surface area contributed by atoms with E-state index in [0.717, 1.165) is 29.8 Å². The molecule has 2 aromatic carbocycles. The maximum atomic E-state index is 12.0. The maximum Gasteiger partial charge on any atom is 0.307 e. The lowest BCUT2D eigenvalue weighted by Gasteiger charge is -2.19. The van der Waals surface area contributed by atoms with Gasteiger partial charge in [0, 0.05) is 37.0 Å². The fourth-order valence-corrected chi connectivity index (χ4v) is 3.33. The van der Waals surface area contributed by atoms with E-state index in [1.807, 2.05) is 42.5 Å². The molecular formula is C21H24N2O4. The van der Waals surface area contributed by atoms with Crippen LogP contribution in [0.5, 0.6) is 0 Å². The van der Waals surface area contributed by atoms with Crippen LogP contribution in [0.25, 0.3) is 0 Å². The summed E-state index contributed by atoms with van der Waals surface area (Å²) in [6.45, 7) is 3.40. The van der Waals surface area contributed by atoms with Crippen molar-refractivity contribution < 1.29 is 14.5 Å². The summed E-state index contributed by atoms with van der Waals surface area (Å²) in [5.41, 5.74) is 4.28. The van der Waals surface area contributed by atoms with Gasteiger partial charge in [-0.2, -0.15) is 0 Å². The van der Waals surface area contributed by atoms with Crippen LogP contribution in [-0.4, -0.2) is 30.0 Å². The van der Waals surface area contributed by atoms with Crippen LogP contribution in [0.15, 0.2) is 48.5 Å². The summed E-state index contributed by atoms with van der Waals surface area (Å²) in [5, 5.41) is 10.8. The summed E-state index contributed by atoms with van der Waals surface area (Å²) in [4.78, 5) is 24.8. The van der Waals surface area contributed by atoms with Crippen molar-refractivity contribution in [2.45, 2.75) is 38.8 Å². The van der Waals surface area contributed by atoms with Gasteiger partial charge in [0.25, 0.3) is 0 Å². The van der Waals surface area contributed by atoms with Gasteiger partial charge in [0.2, 0.25) is 6.04 Å². The van der Waals surface area contributed by atoms with E-state index in [2.05, 4.69) is 11.0 Å². The Morgan fingerprint density at radius 3 is 2.74 bits per heavy atom. The van der Waals surface area contributed by atoms with Crippen LogP contribution in [0.4, 0.5) is 5.69 Å². The van der Waals surface area contributed by atoms with Crippen LogP contribution in [0.2, 0.25) is 0 Å². The Morgan fingerprint density at radius 2 is 2.00 bits per heavy atom. The van der Waals surface area contributed by atoms with Crippen molar-refractivity contribution in [3.8, 4) is 0 Å². The van der Waals surface area contributed by atoms with Crippen LogP contribution < -0.4 is 4.90 Å². The summed E-state index contributed by atoms with van der Waals surface area (Å²) in [6.07, 6.45) is 1.67. The van der Waals surface area contributed by atoms with Crippen LogP contribution in [0, 0.1) is 10.1 Å². The molecule has 0 bridgehead atoms. The number of esters is 1. The molecule has 1 aliphatic rings. The minimum absolute atomic E-state index is 0.205. The second kappa shape index (κ2) is 8.66. The molecule has 6 nitrogen and oxygen atoms in total. The molecule has 0 fully saturated rings. The second-order valence-electron chi connectivity index (χ2n) is 6.93. The topological polar surface area (TPSA) is 72.7 Å². The number of hydrogen-bond acceptors (Lipinski definition) is 5. The predicted molar refractivity (Wildman–Crippen MR) is 103 cm³/mol. The van der Waals surface area contributed by atoms with Crippen molar-refractivity contribution in [3.63, 3.8) is 0 Å². The lowest BCUT2D eigenvalue weighted by Crippen LogP contribution is -2.24. The van der Waals surface area contributed by atoms with Crippen LogP contribution >= 0.6 is 0 Å². The number of carbonyl (C=O) groups excluding carboxylic acids is 1. The second-order valence-corrected chi connectivity index (χ2v) is 6.93. The van der Waals surface area contributed by atoms with Gasteiger partial charge in [-0.05, 0) is 29.2 Å². The molecule has 0 aromatic heterocycles. The molecule has 0 saturated carbocycles. The van der Waals surface area contributed by atoms with Gasteiger partial charge in [-0.3, -0.25) is 14.9 Å². The summed E-state index contributed by atoms with van der Waals surface area (Å²) < 4.78 is 5.33. The van der Waals surface area contributed by atoms with E-state index in [1.165, 1.54) is 5.56 Å². The minimum Gasteiger partial charge on any atom is -0.461 e. The number of rotatable bonds is 8. The molecule has 0 radical (unpaired) electrons. The Balaban J connectivity index is 1.50. The number of hydrogen-bond donors (Lipinski definition) is 0. The molecule has 0 spiro atoms. The first-order valence-corrected chi connectivity index (χ1v) is 9.22. The van der Waals surface area contributed by atoms with E-state index in [-0.39, 0.29) is 10.9 Å². The molecule has 6 heteroatoms. The third-order valence-electron chi connectivity index (χ3n) is 4.86. The molecule has 2 aromatic rings. The number of ether oxygens (including phenoxy) is 1. The maximum absolute atomic E-state index is 12.0. The first kappa shape index (κ1) is 18.9. The number of nitro groups is 1. The van der Waals surface area contributed by atoms with Crippen LogP contribution in [0.1, 0.15) is 30.0 Å². The molecule has 0 N–H and O–H groups in total. The monoisotopic (exact) mass is 368 g/mol. The Kier molecular flexibility index (Phi) is 6.06. The lowest BCUT2D eigenvalue weighted by atomic mass is 10.0. The Hall–Kier alpha value is -2.89. The van der Waals surface area contributed by atoms with Crippen molar-refractivity contribution in [2.75, 3.05) is 18.0 Å². The summed E-state index contributed by atoms with van der Waals surface area (Å²) in [5.74, 6) is -0.205. The fourth-order valence-electron chi connectivity index (χ4n) is 3.33. The van der Waals surface area contributed by atoms with Gasteiger partial charge >= 0.3 is 5.97 Å². The quantitative estimate of drug-likeness (QED) is 0.406. The molecule has 1 aliphatic heterocycles. The van der Waals surface area contributed by atoms with Crippen molar-refractivity contribution in [1.29, 1.82) is 0 Å². The van der Waals surface area contributed by atoms with Gasteiger partial charge in [-0.15, -0.1) is 0 Å². The first-order chi connectivity index (χ1) is 13.0. The highest BCUT2D eigenvalue weighted by Gasteiger charge is 2.21. The highest BCUT2D eigenvalue weighted by Crippen LogP contribution is 2.29. The van der Waals surface area contributed by atoms with Crippen molar-refractivity contribution in [1.82, 2.24) is 0 Å². The van der Waals surface area contributed by atoms with E-state index in [9.17, 15) is 14.9 Å². The zero-order valence-corrected chi connectivity index (χ0v) is 15.5. The standard InChI is InChI=1S/C21H24N2O4/c1-16(23(25)26)13-18-7-8-20-19(14-18)9-11-22(20)12-10-21(24)27-15-17-5-3-2-4-6-17/h2-8,14,16H,9-13,15H2,1H3. The fraction of sp³-hybridized carbons (Fsp3) is 0.381. The van der Waals surface area contributed by atoms with Gasteiger partial charge in [0.05, 0.1) is 6.42 Å². The molecule has 27 heavy (non-hydrogen) atoms. The summed E-state index contributed by atoms with van der Waals surface area (Å²) in [7, 11) is 0. The van der Waals surface area contributed by atoms with Gasteiger partial charge in [-0.1, -0.05) is 42.5 Å². The van der Waals surface area contributed by atoms with E-state index in [0.29, 0.717) is 26.0 Å². The number of benzene rings is 2. The van der Waals surface area contributed by atoms with Gasteiger partial charge in [-0.25, -0.2) is 0 Å². The third kappa shape index (κ3) is 5.06. The van der Waals surface area contributed by atoms with Gasteiger partial charge in [0.1, 0.15) is 6.61 Å². The molecule has 1 heterocycles. The Morgan fingerprint density at radius 1 is 1.22 bits per heavy atom.